The molecule has 0 aliphatic rings. The predicted octanol–water partition coefficient (Wildman–Crippen LogP) is 2.56. The van der Waals surface area contributed by atoms with Crippen molar-refractivity contribution in [1.82, 2.24) is 14.8 Å². The van der Waals surface area contributed by atoms with E-state index in [9.17, 15) is 4.39 Å². The molecule has 0 saturated heterocycles. The van der Waals surface area contributed by atoms with E-state index >= 15 is 0 Å². The summed E-state index contributed by atoms with van der Waals surface area (Å²) < 4.78 is 14.7. The van der Waals surface area contributed by atoms with E-state index in [1.807, 2.05) is 24.3 Å². The standard InChI is InChI=1S/C12H8FN3/c13-10-5-6-14-12(7-10)16-11-4-2-1-3-9(11)8-15-16/h1-8H. The highest BCUT2D eigenvalue weighted by Gasteiger charge is 2.05. The topological polar surface area (TPSA) is 30.7 Å². The highest BCUT2D eigenvalue weighted by atomic mass is 19.1. The smallest absolute Gasteiger partial charge is 0.156 e. The summed E-state index contributed by atoms with van der Waals surface area (Å²) in [7, 11) is 0. The van der Waals surface area contributed by atoms with Gasteiger partial charge in [-0.1, -0.05) is 18.2 Å². The van der Waals surface area contributed by atoms with Crippen LogP contribution in [0.2, 0.25) is 0 Å². The van der Waals surface area contributed by atoms with Gasteiger partial charge in [-0.05, 0) is 12.1 Å². The Morgan fingerprint density at radius 3 is 2.88 bits per heavy atom. The van der Waals surface area contributed by atoms with Gasteiger partial charge in [0.25, 0.3) is 0 Å². The molecule has 0 amide bonds. The maximum absolute atomic E-state index is 13.1. The van der Waals surface area contributed by atoms with Crippen LogP contribution >= 0.6 is 0 Å². The summed E-state index contributed by atoms with van der Waals surface area (Å²) in [6.07, 6.45) is 3.17. The van der Waals surface area contributed by atoms with E-state index in [0.717, 1.165) is 10.9 Å². The Morgan fingerprint density at radius 1 is 1.12 bits per heavy atom. The van der Waals surface area contributed by atoms with Gasteiger partial charge in [0.2, 0.25) is 0 Å². The molecule has 1 aromatic carbocycles. The number of hydrogen-bond acceptors (Lipinski definition) is 2. The van der Waals surface area contributed by atoms with Crippen molar-refractivity contribution in [3.8, 4) is 5.82 Å². The first kappa shape index (κ1) is 9.03. The lowest BCUT2D eigenvalue weighted by atomic mass is 10.2. The number of pyridine rings is 1. The third-order valence-corrected chi connectivity index (χ3v) is 2.40. The molecule has 0 unspecified atom stereocenters. The van der Waals surface area contributed by atoms with E-state index in [0.29, 0.717) is 5.82 Å². The van der Waals surface area contributed by atoms with Crippen molar-refractivity contribution in [2.45, 2.75) is 0 Å². The quantitative estimate of drug-likeness (QED) is 0.622. The predicted molar refractivity (Wildman–Crippen MR) is 58.8 cm³/mol. The zero-order valence-corrected chi connectivity index (χ0v) is 8.34. The van der Waals surface area contributed by atoms with Crippen LogP contribution in [0, 0.1) is 5.82 Å². The van der Waals surface area contributed by atoms with E-state index < -0.39 is 0 Å². The molecule has 0 radical (unpaired) electrons. The fraction of sp³-hybridized carbons (Fsp3) is 0. The van der Waals surface area contributed by atoms with Gasteiger partial charge in [-0.3, -0.25) is 0 Å². The van der Waals surface area contributed by atoms with Crippen molar-refractivity contribution in [1.29, 1.82) is 0 Å². The first-order chi connectivity index (χ1) is 7.84. The van der Waals surface area contributed by atoms with Crippen molar-refractivity contribution in [3.63, 3.8) is 0 Å². The van der Waals surface area contributed by atoms with Crippen LogP contribution in [0.25, 0.3) is 16.7 Å². The summed E-state index contributed by atoms with van der Waals surface area (Å²) in [5.74, 6) is 0.172. The van der Waals surface area contributed by atoms with Gasteiger partial charge in [-0.15, -0.1) is 0 Å². The average Bonchev–Trinajstić information content (AvgIpc) is 2.72. The van der Waals surface area contributed by atoms with E-state index in [1.165, 1.54) is 18.3 Å². The number of nitrogens with zero attached hydrogens (tertiary/aromatic N) is 3. The number of rotatable bonds is 1. The van der Waals surface area contributed by atoms with Gasteiger partial charge in [0, 0.05) is 17.6 Å². The molecular weight excluding hydrogens is 205 g/mol. The molecule has 0 aliphatic heterocycles. The Morgan fingerprint density at radius 2 is 2.00 bits per heavy atom. The van der Waals surface area contributed by atoms with Crippen molar-refractivity contribution in [2.24, 2.45) is 0 Å². The van der Waals surface area contributed by atoms with Gasteiger partial charge >= 0.3 is 0 Å². The Balaban J connectivity index is 2.26. The fourth-order valence-electron chi connectivity index (χ4n) is 1.66. The Labute approximate surface area is 91.2 Å². The van der Waals surface area contributed by atoms with Gasteiger partial charge in [-0.25, -0.2) is 14.1 Å². The number of halogens is 1. The van der Waals surface area contributed by atoms with E-state index in [1.54, 1.807) is 10.9 Å². The number of hydrogen-bond donors (Lipinski definition) is 0. The van der Waals surface area contributed by atoms with Crippen LogP contribution in [-0.2, 0) is 0 Å². The highest BCUT2D eigenvalue weighted by Crippen LogP contribution is 2.16. The van der Waals surface area contributed by atoms with Gasteiger partial charge in [0.15, 0.2) is 5.82 Å². The fourth-order valence-corrected chi connectivity index (χ4v) is 1.66. The van der Waals surface area contributed by atoms with Crippen LogP contribution < -0.4 is 0 Å². The normalized spacial score (nSPS) is 10.8. The first-order valence-electron chi connectivity index (χ1n) is 4.89. The van der Waals surface area contributed by atoms with Crippen molar-refractivity contribution in [2.75, 3.05) is 0 Å². The molecule has 3 rings (SSSR count). The van der Waals surface area contributed by atoms with Crippen LogP contribution in [0.15, 0.2) is 48.8 Å². The van der Waals surface area contributed by atoms with Crippen molar-refractivity contribution in [3.05, 3.63) is 54.6 Å². The molecule has 0 spiro atoms. The molecule has 0 saturated carbocycles. The molecule has 2 heterocycles. The van der Waals surface area contributed by atoms with Crippen LogP contribution in [-0.4, -0.2) is 14.8 Å². The Kier molecular flexibility index (Phi) is 1.93. The molecule has 0 N–H and O–H groups in total. The molecule has 0 fully saturated rings. The van der Waals surface area contributed by atoms with Gasteiger partial charge in [0.05, 0.1) is 11.7 Å². The summed E-state index contributed by atoms with van der Waals surface area (Å²) in [5, 5.41) is 5.20. The molecule has 4 heteroatoms. The van der Waals surface area contributed by atoms with E-state index in [4.69, 9.17) is 0 Å². The number of aromatic nitrogens is 3. The third-order valence-electron chi connectivity index (χ3n) is 2.40. The Bertz CT molecular complexity index is 645. The molecule has 0 aliphatic carbocycles. The maximum Gasteiger partial charge on any atom is 0.156 e. The maximum atomic E-state index is 13.1. The minimum atomic E-state index is -0.315. The second kappa shape index (κ2) is 3.41. The number of benzene rings is 1. The SMILES string of the molecule is Fc1ccnc(-n2ncc3ccccc32)c1. The van der Waals surface area contributed by atoms with Crippen molar-refractivity contribution < 1.29 is 4.39 Å². The number of fused-ring (bicyclic) bond motifs is 1. The molecular formula is C12H8FN3. The van der Waals surface area contributed by atoms with E-state index in [-0.39, 0.29) is 5.82 Å². The van der Waals surface area contributed by atoms with Crippen molar-refractivity contribution >= 4 is 10.9 Å². The number of para-hydroxylation sites is 1. The zero-order valence-electron chi connectivity index (χ0n) is 8.34. The summed E-state index contributed by atoms with van der Waals surface area (Å²) in [6.45, 7) is 0. The molecule has 0 bridgehead atoms. The minimum absolute atomic E-state index is 0.315. The average molecular weight is 213 g/mol. The van der Waals surface area contributed by atoms with Crippen LogP contribution in [0.4, 0.5) is 4.39 Å². The molecule has 3 nitrogen and oxygen atoms in total. The van der Waals surface area contributed by atoms with Gasteiger partial charge in [-0.2, -0.15) is 5.10 Å². The lowest BCUT2D eigenvalue weighted by molar-refractivity contribution is 0.622. The lowest BCUT2D eigenvalue weighted by Gasteiger charge is -2.01. The monoisotopic (exact) mass is 213 g/mol. The second-order valence-corrected chi connectivity index (χ2v) is 3.45. The highest BCUT2D eigenvalue weighted by molar-refractivity contribution is 5.79. The van der Waals surface area contributed by atoms with E-state index in [2.05, 4.69) is 10.1 Å². The molecule has 2 aromatic heterocycles. The molecule has 16 heavy (non-hydrogen) atoms. The van der Waals surface area contributed by atoms with Gasteiger partial charge < -0.3 is 0 Å². The second-order valence-electron chi connectivity index (χ2n) is 3.45. The van der Waals surface area contributed by atoms with Gasteiger partial charge in [0.1, 0.15) is 5.82 Å². The summed E-state index contributed by atoms with van der Waals surface area (Å²) in [5.41, 5.74) is 0.917. The molecule has 0 atom stereocenters. The zero-order chi connectivity index (χ0) is 11.0. The lowest BCUT2D eigenvalue weighted by Crippen LogP contribution is -1.99. The summed E-state index contributed by atoms with van der Waals surface area (Å²) >= 11 is 0. The molecule has 78 valence electrons. The Hall–Kier alpha value is -2.23. The summed E-state index contributed by atoms with van der Waals surface area (Å²) in [6, 6.07) is 10.4. The van der Waals surface area contributed by atoms with Crippen LogP contribution in [0.1, 0.15) is 0 Å². The summed E-state index contributed by atoms with van der Waals surface area (Å²) in [4.78, 5) is 4.09. The third kappa shape index (κ3) is 1.35. The molecule has 3 aromatic rings. The first-order valence-corrected chi connectivity index (χ1v) is 4.89. The minimum Gasteiger partial charge on any atom is -0.237 e. The van der Waals surface area contributed by atoms with Crippen LogP contribution in [0.3, 0.4) is 0 Å². The van der Waals surface area contributed by atoms with Crippen LogP contribution in [0.5, 0.6) is 0 Å². The largest absolute Gasteiger partial charge is 0.237 e.